The number of hydrogen-bond acceptors (Lipinski definition) is 1. The van der Waals surface area contributed by atoms with Gasteiger partial charge in [-0.05, 0) is 49.4 Å². The summed E-state index contributed by atoms with van der Waals surface area (Å²) in [6.07, 6.45) is 0.258. The third kappa shape index (κ3) is 3.96. The Morgan fingerprint density at radius 3 is 2.57 bits per heavy atom. The fourth-order valence-corrected chi connectivity index (χ4v) is 3.09. The molecule has 0 saturated heterocycles. The van der Waals surface area contributed by atoms with Crippen LogP contribution in [0.3, 0.4) is 0 Å². The highest BCUT2D eigenvalue weighted by molar-refractivity contribution is 5.31. The van der Waals surface area contributed by atoms with Crippen molar-refractivity contribution in [2.75, 3.05) is 6.54 Å². The molecule has 5 heteroatoms. The first-order valence-electron chi connectivity index (χ1n) is 7.53. The second-order valence-corrected chi connectivity index (χ2v) is 5.69. The van der Waals surface area contributed by atoms with Crippen molar-refractivity contribution in [3.63, 3.8) is 0 Å². The molecule has 2 unspecified atom stereocenters. The molecule has 21 heavy (non-hydrogen) atoms. The van der Waals surface area contributed by atoms with Crippen LogP contribution >= 0.6 is 0 Å². The SMILES string of the molecule is CCCNC1CCCCC1c1ccc(F)c(C(F)(F)F)c1. The quantitative estimate of drug-likeness (QED) is 0.782. The van der Waals surface area contributed by atoms with Crippen molar-refractivity contribution in [3.05, 3.63) is 35.1 Å². The zero-order valence-corrected chi connectivity index (χ0v) is 12.1. The van der Waals surface area contributed by atoms with Crippen molar-refractivity contribution in [1.82, 2.24) is 5.32 Å². The Hall–Kier alpha value is -1.10. The maximum atomic E-state index is 13.4. The van der Waals surface area contributed by atoms with E-state index in [2.05, 4.69) is 12.2 Å². The van der Waals surface area contributed by atoms with Crippen LogP contribution in [0.5, 0.6) is 0 Å². The van der Waals surface area contributed by atoms with Gasteiger partial charge in [-0.15, -0.1) is 0 Å². The number of rotatable bonds is 4. The van der Waals surface area contributed by atoms with Gasteiger partial charge in [-0.3, -0.25) is 0 Å². The van der Waals surface area contributed by atoms with Gasteiger partial charge in [-0.1, -0.05) is 25.8 Å². The van der Waals surface area contributed by atoms with E-state index in [1.807, 2.05) is 0 Å². The van der Waals surface area contributed by atoms with E-state index in [1.165, 1.54) is 6.07 Å². The number of nitrogens with one attached hydrogen (secondary N) is 1. The van der Waals surface area contributed by atoms with Gasteiger partial charge in [-0.2, -0.15) is 13.2 Å². The predicted octanol–water partition coefficient (Wildman–Crippen LogP) is 4.87. The van der Waals surface area contributed by atoms with Gasteiger partial charge in [-0.25, -0.2) is 4.39 Å². The van der Waals surface area contributed by atoms with Crippen molar-refractivity contribution in [2.24, 2.45) is 0 Å². The summed E-state index contributed by atoms with van der Waals surface area (Å²) in [5.41, 5.74) is -0.558. The summed E-state index contributed by atoms with van der Waals surface area (Å²) in [5, 5.41) is 3.42. The van der Waals surface area contributed by atoms with Gasteiger partial charge in [0, 0.05) is 6.04 Å². The van der Waals surface area contributed by atoms with Crippen LogP contribution in [0.15, 0.2) is 18.2 Å². The second kappa shape index (κ2) is 6.77. The van der Waals surface area contributed by atoms with Gasteiger partial charge in [0.2, 0.25) is 0 Å². The molecule has 0 radical (unpaired) electrons. The number of halogens is 4. The van der Waals surface area contributed by atoms with Crippen LogP contribution in [0, 0.1) is 5.82 Å². The van der Waals surface area contributed by atoms with Crippen LogP contribution in [-0.4, -0.2) is 12.6 Å². The van der Waals surface area contributed by atoms with Crippen molar-refractivity contribution < 1.29 is 17.6 Å². The highest BCUT2D eigenvalue weighted by atomic mass is 19.4. The van der Waals surface area contributed by atoms with E-state index < -0.39 is 17.6 Å². The Morgan fingerprint density at radius 1 is 1.19 bits per heavy atom. The molecule has 2 atom stereocenters. The topological polar surface area (TPSA) is 12.0 Å². The molecule has 1 aromatic rings. The average Bonchev–Trinajstić information content (AvgIpc) is 2.45. The van der Waals surface area contributed by atoms with Gasteiger partial charge >= 0.3 is 6.18 Å². The first kappa shape index (κ1) is 16.3. The van der Waals surface area contributed by atoms with E-state index in [-0.39, 0.29) is 12.0 Å². The lowest BCUT2D eigenvalue weighted by atomic mass is 9.79. The molecule has 0 bridgehead atoms. The highest BCUT2D eigenvalue weighted by Gasteiger charge is 2.35. The molecule has 0 heterocycles. The summed E-state index contributed by atoms with van der Waals surface area (Å²) in [7, 11) is 0. The fraction of sp³-hybridized carbons (Fsp3) is 0.625. The van der Waals surface area contributed by atoms with E-state index in [9.17, 15) is 17.6 Å². The maximum absolute atomic E-state index is 13.4. The van der Waals surface area contributed by atoms with E-state index in [4.69, 9.17) is 0 Å². The third-order valence-corrected chi connectivity index (χ3v) is 4.15. The second-order valence-electron chi connectivity index (χ2n) is 5.69. The minimum atomic E-state index is -4.64. The first-order valence-corrected chi connectivity index (χ1v) is 7.53. The van der Waals surface area contributed by atoms with Crippen LogP contribution in [0.25, 0.3) is 0 Å². The summed E-state index contributed by atoms with van der Waals surface area (Å²) in [4.78, 5) is 0. The van der Waals surface area contributed by atoms with Gasteiger partial charge < -0.3 is 5.32 Å². The minimum Gasteiger partial charge on any atom is -0.313 e. The lowest BCUT2D eigenvalue weighted by Gasteiger charge is -2.33. The number of hydrogen-bond donors (Lipinski definition) is 1. The molecule has 0 spiro atoms. The monoisotopic (exact) mass is 303 g/mol. The normalized spacial score (nSPS) is 23.3. The molecule has 1 aromatic carbocycles. The van der Waals surface area contributed by atoms with Crippen LogP contribution in [-0.2, 0) is 6.18 Å². The Balaban J connectivity index is 2.26. The summed E-state index contributed by atoms with van der Waals surface area (Å²) in [6.45, 7) is 2.92. The molecule has 2 rings (SSSR count). The van der Waals surface area contributed by atoms with E-state index >= 15 is 0 Å². The van der Waals surface area contributed by atoms with Crippen molar-refractivity contribution >= 4 is 0 Å². The standard InChI is InChI=1S/C16H21F4N/c1-2-9-21-15-6-4-3-5-12(15)11-7-8-14(17)13(10-11)16(18,19)20/h7-8,10,12,15,21H,2-6,9H2,1H3. The van der Waals surface area contributed by atoms with Crippen LogP contribution in [0.4, 0.5) is 17.6 Å². The minimum absolute atomic E-state index is 0.0343. The molecule has 0 aromatic heterocycles. The van der Waals surface area contributed by atoms with Crippen molar-refractivity contribution in [3.8, 4) is 0 Å². The van der Waals surface area contributed by atoms with Gasteiger partial charge in [0.15, 0.2) is 0 Å². The molecular weight excluding hydrogens is 282 g/mol. The summed E-state index contributed by atoms with van der Waals surface area (Å²) >= 11 is 0. The number of benzene rings is 1. The van der Waals surface area contributed by atoms with Crippen LogP contribution in [0.2, 0.25) is 0 Å². The maximum Gasteiger partial charge on any atom is 0.419 e. The zero-order chi connectivity index (χ0) is 15.5. The molecule has 1 saturated carbocycles. The molecular formula is C16H21F4N. The van der Waals surface area contributed by atoms with Crippen LogP contribution < -0.4 is 5.32 Å². The largest absolute Gasteiger partial charge is 0.419 e. The van der Waals surface area contributed by atoms with Gasteiger partial charge in [0.25, 0.3) is 0 Å². The zero-order valence-electron chi connectivity index (χ0n) is 12.1. The Bertz CT molecular complexity index is 470. The predicted molar refractivity (Wildman–Crippen MR) is 74.7 cm³/mol. The molecule has 0 aliphatic heterocycles. The number of alkyl halides is 3. The van der Waals surface area contributed by atoms with E-state index in [1.54, 1.807) is 0 Å². The van der Waals surface area contributed by atoms with Gasteiger partial charge in [0.05, 0.1) is 5.56 Å². The lowest BCUT2D eigenvalue weighted by Crippen LogP contribution is -2.37. The highest BCUT2D eigenvalue weighted by Crippen LogP contribution is 2.37. The van der Waals surface area contributed by atoms with E-state index in [0.717, 1.165) is 50.8 Å². The van der Waals surface area contributed by atoms with Crippen molar-refractivity contribution in [1.29, 1.82) is 0 Å². The molecule has 1 aliphatic carbocycles. The molecule has 1 nitrogen and oxygen atoms in total. The van der Waals surface area contributed by atoms with E-state index in [0.29, 0.717) is 5.56 Å². The molecule has 1 N–H and O–H groups in total. The Labute approximate surface area is 122 Å². The van der Waals surface area contributed by atoms with Crippen molar-refractivity contribution in [2.45, 2.75) is 57.2 Å². The summed E-state index contributed by atoms with van der Waals surface area (Å²) in [6, 6.07) is 3.63. The molecule has 0 amide bonds. The Morgan fingerprint density at radius 2 is 1.90 bits per heavy atom. The lowest BCUT2D eigenvalue weighted by molar-refractivity contribution is -0.140. The van der Waals surface area contributed by atoms with Gasteiger partial charge in [0.1, 0.15) is 5.82 Å². The smallest absolute Gasteiger partial charge is 0.313 e. The summed E-state index contributed by atoms with van der Waals surface area (Å²) in [5.74, 6) is -1.16. The molecule has 1 aliphatic rings. The molecule has 1 fully saturated rings. The average molecular weight is 303 g/mol. The summed E-state index contributed by atoms with van der Waals surface area (Å²) < 4.78 is 51.9. The Kier molecular flexibility index (Phi) is 5.25. The molecule has 118 valence electrons. The first-order chi connectivity index (χ1) is 9.93. The fourth-order valence-electron chi connectivity index (χ4n) is 3.09. The van der Waals surface area contributed by atoms with Crippen LogP contribution in [0.1, 0.15) is 56.1 Å². The third-order valence-electron chi connectivity index (χ3n) is 4.15.